The lowest BCUT2D eigenvalue weighted by molar-refractivity contribution is -0.139. The molecule has 3 heterocycles. The third-order valence-electron chi connectivity index (χ3n) is 6.73. The fourth-order valence-electron chi connectivity index (χ4n) is 4.61. The summed E-state index contributed by atoms with van der Waals surface area (Å²) in [5.41, 5.74) is 1.57. The number of hydrogen-bond donors (Lipinski definition) is 2. The van der Waals surface area contributed by atoms with Gasteiger partial charge in [0.25, 0.3) is 0 Å². The third-order valence-corrected chi connectivity index (χ3v) is 7.26. The predicted molar refractivity (Wildman–Crippen MR) is 146 cm³/mol. The molecule has 1 saturated carbocycles. The van der Waals surface area contributed by atoms with Crippen LogP contribution in [0.15, 0.2) is 54.7 Å². The number of fused-ring (bicyclic) bond motifs is 2. The minimum absolute atomic E-state index is 0.125. The van der Waals surface area contributed by atoms with Gasteiger partial charge in [0, 0.05) is 28.1 Å². The fraction of sp³-hybridized carbons (Fsp3) is 0.357. The summed E-state index contributed by atoms with van der Waals surface area (Å²) in [6.45, 7) is 6.56. The van der Waals surface area contributed by atoms with Crippen LogP contribution >= 0.6 is 23.2 Å². The summed E-state index contributed by atoms with van der Waals surface area (Å²) in [5, 5.41) is 12.6. The number of carbonyl (C=O) groups is 1. The Labute approximate surface area is 231 Å². The Kier molecular flexibility index (Phi) is 7.31. The average Bonchev–Trinajstić information content (AvgIpc) is 3.43. The zero-order chi connectivity index (χ0) is 26.9. The van der Waals surface area contributed by atoms with Crippen molar-refractivity contribution in [1.29, 1.82) is 0 Å². The van der Waals surface area contributed by atoms with Gasteiger partial charge in [-0.25, -0.2) is 9.78 Å². The number of ether oxygens (including phenoxy) is 3. The van der Waals surface area contributed by atoms with Crippen LogP contribution in [-0.2, 0) is 10.2 Å². The Morgan fingerprint density at radius 3 is 2.61 bits per heavy atom. The summed E-state index contributed by atoms with van der Waals surface area (Å²) >= 11 is 11.3. The number of carboxylic acids is 1. The summed E-state index contributed by atoms with van der Waals surface area (Å²) in [6, 6.07) is 14.7. The fourth-order valence-corrected chi connectivity index (χ4v) is 5.07. The minimum atomic E-state index is -1.05. The second-order valence-electron chi connectivity index (χ2n) is 10.3. The van der Waals surface area contributed by atoms with Gasteiger partial charge >= 0.3 is 5.97 Å². The van der Waals surface area contributed by atoms with E-state index in [1.165, 1.54) is 30.5 Å². The van der Waals surface area contributed by atoms with E-state index in [1.807, 2.05) is 36.5 Å². The van der Waals surface area contributed by atoms with E-state index in [2.05, 4.69) is 29.0 Å². The van der Waals surface area contributed by atoms with E-state index in [-0.39, 0.29) is 11.0 Å². The van der Waals surface area contributed by atoms with E-state index in [0.29, 0.717) is 15.8 Å². The monoisotopic (exact) mass is 557 g/mol. The molecular weight excluding hydrogens is 529 g/mol. The van der Waals surface area contributed by atoms with Crippen molar-refractivity contribution >= 4 is 35.0 Å². The van der Waals surface area contributed by atoms with Crippen molar-refractivity contribution in [3.8, 4) is 23.0 Å². The Morgan fingerprint density at radius 2 is 1.97 bits per heavy atom. The third kappa shape index (κ3) is 5.93. The highest BCUT2D eigenvalue weighted by molar-refractivity contribution is 6.35. The number of nitrogens with one attached hydrogen (secondary N) is 1. The quantitative estimate of drug-likeness (QED) is 0.387. The average molecular weight is 558 g/mol. The van der Waals surface area contributed by atoms with Gasteiger partial charge in [0.1, 0.15) is 28.8 Å². The molecule has 2 aliphatic heterocycles. The van der Waals surface area contributed by atoms with Crippen molar-refractivity contribution in [2.45, 2.75) is 37.6 Å². The number of rotatable bonds is 6. The van der Waals surface area contributed by atoms with Crippen molar-refractivity contribution in [3.05, 3.63) is 70.3 Å². The number of anilines is 1. The molecule has 0 bridgehead atoms. The van der Waals surface area contributed by atoms with Gasteiger partial charge in [0.15, 0.2) is 6.61 Å². The largest absolute Gasteiger partial charge is 0.492 e. The second kappa shape index (κ2) is 10.5. The van der Waals surface area contributed by atoms with Gasteiger partial charge in [0.05, 0.1) is 24.5 Å². The van der Waals surface area contributed by atoms with E-state index in [9.17, 15) is 4.79 Å². The second-order valence-corrected chi connectivity index (χ2v) is 11.2. The highest BCUT2D eigenvalue weighted by Crippen LogP contribution is 2.58. The molecule has 1 spiro atoms. The first-order chi connectivity index (χ1) is 18.1. The first-order valence-corrected chi connectivity index (χ1v) is 13.1. The molecule has 3 aromatic rings. The first kappa shape index (κ1) is 26.4. The number of aliphatic carboxylic acids is 1. The van der Waals surface area contributed by atoms with Gasteiger partial charge in [-0.05, 0) is 69.2 Å². The highest BCUT2D eigenvalue weighted by Gasteiger charge is 2.52. The number of benzene rings is 2. The smallest absolute Gasteiger partial charge is 0.341 e. The molecular formula is C28H29Cl2N3O5. The molecule has 2 aromatic carbocycles. The van der Waals surface area contributed by atoms with Crippen LogP contribution in [0.5, 0.6) is 23.0 Å². The van der Waals surface area contributed by atoms with Crippen molar-refractivity contribution in [1.82, 2.24) is 10.3 Å². The molecule has 3 aliphatic rings. The van der Waals surface area contributed by atoms with Crippen LogP contribution in [0.25, 0.3) is 0 Å². The van der Waals surface area contributed by atoms with E-state index < -0.39 is 12.6 Å². The SMILES string of the molecule is CC1(C)CN(c2ccc(Oc3cccc4c3C3(CC3)CO4)cn2)CN1.O=C(O)COc1ccc(Cl)cc1Cl. The number of hydrogen-bond acceptors (Lipinski definition) is 7. The van der Waals surface area contributed by atoms with E-state index >= 15 is 0 Å². The molecule has 1 aliphatic carbocycles. The molecule has 38 heavy (non-hydrogen) atoms. The maximum absolute atomic E-state index is 10.2. The molecule has 2 fully saturated rings. The molecule has 6 rings (SSSR count). The lowest BCUT2D eigenvalue weighted by Crippen LogP contribution is -2.34. The van der Waals surface area contributed by atoms with E-state index in [0.717, 1.165) is 42.9 Å². The van der Waals surface area contributed by atoms with Crippen molar-refractivity contribution < 1.29 is 24.1 Å². The van der Waals surface area contributed by atoms with Gasteiger partial charge in [-0.3, -0.25) is 5.32 Å². The summed E-state index contributed by atoms with van der Waals surface area (Å²) in [5.74, 6) is 2.90. The van der Waals surface area contributed by atoms with Gasteiger partial charge in [-0.15, -0.1) is 0 Å². The molecule has 10 heteroatoms. The Bertz CT molecular complexity index is 1330. The van der Waals surface area contributed by atoms with Gasteiger partial charge < -0.3 is 24.2 Å². The van der Waals surface area contributed by atoms with Crippen LogP contribution in [0.3, 0.4) is 0 Å². The van der Waals surface area contributed by atoms with Crippen LogP contribution in [0.2, 0.25) is 10.0 Å². The Balaban J connectivity index is 0.000000193. The zero-order valence-corrected chi connectivity index (χ0v) is 22.7. The molecule has 0 radical (unpaired) electrons. The number of nitrogens with zero attached hydrogens (tertiary/aromatic N) is 2. The normalized spacial score (nSPS) is 17.7. The molecule has 200 valence electrons. The molecule has 0 atom stereocenters. The number of halogens is 2. The van der Waals surface area contributed by atoms with Crippen molar-refractivity contribution in [2.75, 3.05) is 31.3 Å². The van der Waals surface area contributed by atoms with Gasteiger partial charge in [-0.2, -0.15) is 0 Å². The Hall–Kier alpha value is -3.20. The van der Waals surface area contributed by atoms with Gasteiger partial charge in [0.2, 0.25) is 0 Å². The maximum atomic E-state index is 10.2. The summed E-state index contributed by atoms with van der Waals surface area (Å²) in [6.07, 6.45) is 4.19. The van der Waals surface area contributed by atoms with Crippen LogP contribution in [0.4, 0.5) is 5.82 Å². The molecule has 0 unspecified atom stereocenters. The molecule has 1 saturated heterocycles. The number of pyridine rings is 1. The van der Waals surface area contributed by atoms with Crippen molar-refractivity contribution in [3.63, 3.8) is 0 Å². The Morgan fingerprint density at radius 1 is 1.16 bits per heavy atom. The van der Waals surface area contributed by atoms with E-state index in [1.54, 1.807) is 6.07 Å². The van der Waals surface area contributed by atoms with Crippen molar-refractivity contribution in [2.24, 2.45) is 0 Å². The summed E-state index contributed by atoms with van der Waals surface area (Å²) < 4.78 is 16.9. The highest BCUT2D eigenvalue weighted by atomic mass is 35.5. The lowest BCUT2D eigenvalue weighted by atomic mass is 9.97. The van der Waals surface area contributed by atoms with Crippen LogP contribution in [-0.4, -0.2) is 48.0 Å². The minimum Gasteiger partial charge on any atom is -0.492 e. The van der Waals surface area contributed by atoms with Gasteiger partial charge in [-0.1, -0.05) is 29.3 Å². The molecule has 0 amide bonds. The standard InChI is InChI=1S/C20H23N3O2.C8H6Cl2O3/c1-19(2)11-23(13-22-19)17-7-6-14(10-21-17)25-16-5-3-4-15-18(16)20(8-9-20)12-24-15;9-5-1-2-7(6(10)3-5)13-4-8(11)12/h3-7,10,22H,8-9,11-13H2,1-2H3;1-3H,4H2,(H,11,12). The topological polar surface area (TPSA) is 93.2 Å². The molecule has 1 aromatic heterocycles. The number of aromatic nitrogens is 1. The zero-order valence-electron chi connectivity index (χ0n) is 21.2. The predicted octanol–water partition coefficient (Wildman–Crippen LogP) is 5.90. The lowest BCUT2D eigenvalue weighted by Gasteiger charge is -2.19. The summed E-state index contributed by atoms with van der Waals surface area (Å²) in [7, 11) is 0. The molecule has 2 N–H and O–H groups in total. The molecule has 8 nitrogen and oxygen atoms in total. The maximum Gasteiger partial charge on any atom is 0.341 e. The van der Waals surface area contributed by atoms with E-state index in [4.69, 9.17) is 42.5 Å². The number of carboxylic acid groups (broad SMARTS) is 1. The van der Waals surface area contributed by atoms with Crippen LogP contribution in [0.1, 0.15) is 32.3 Å². The van der Waals surface area contributed by atoms with Crippen LogP contribution < -0.4 is 24.4 Å². The first-order valence-electron chi connectivity index (χ1n) is 12.3. The summed E-state index contributed by atoms with van der Waals surface area (Å²) in [4.78, 5) is 17.0. The van der Waals surface area contributed by atoms with Crippen LogP contribution in [0, 0.1) is 0 Å².